The molecule has 0 aliphatic carbocycles. The van der Waals surface area contributed by atoms with Crippen LogP contribution in [0.3, 0.4) is 0 Å². The van der Waals surface area contributed by atoms with Crippen LogP contribution in [0.5, 0.6) is 0 Å². The molecule has 84 valence electrons. The Balaban J connectivity index is 2.67. The molecule has 1 heterocycles. The average Bonchev–Trinajstić information content (AvgIpc) is 2.31. The van der Waals surface area contributed by atoms with Gasteiger partial charge in [-0.05, 0) is 12.8 Å². The van der Waals surface area contributed by atoms with Crippen LogP contribution in [0, 0.1) is 0 Å². The lowest BCUT2D eigenvalue weighted by molar-refractivity contribution is 0.428. The second kappa shape index (κ2) is 5.61. The van der Waals surface area contributed by atoms with Crippen LogP contribution in [-0.2, 0) is 10.0 Å². The van der Waals surface area contributed by atoms with E-state index in [1.54, 1.807) is 4.31 Å². The van der Waals surface area contributed by atoms with Crippen LogP contribution >= 0.6 is 47.8 Å². The highest BCUT2D eigenvalue weighted by molar-refractivity contribution is 9.12. The molecule has 0 saturated carbocycles. The van der Waals surface area contributed by atoms with E-state index >= 15 is 0 Å². The van der Waals surface area contributed by atoms with Gasteiger partial charge in [-0.2, -0.15) is 0 Å². The molecule has 1 aliphatic rings. The highest BCUT2D eigenvalue weighted by atomic mass is 79.9. The Morgan fingerprint density at radius 2 is 1.57 bits per heavy atom. The number of alkyl halides is 3. The number of rotatable bonds is 2. The monoisotopic (exact) mass is 411 g/mol. The lowest BCUT2D eigenvalue weighted by Crippen LogP contribution is -2.32. The van der Waals surface area contributed by atoms with Crippen LogP contribution in [-0.4, -0.2) is 40.1 Å². The zero-order valence-corrected chi connectivity index (χ0v) is 13.1. The van der Waals surface area contributed by atoms with Crippen molar-refractivity contribution in [3.8, 4) is 0 Å². The zero-order valence-electron chi connectivity index (χ0n) is 7.50. The molecule has 0 aromatic heterocycles. The summed E-state index contributed by atoms with van der Waals surface area (Å²) in [4.78, 5) is 0.719. The second-order valence-electron chi connectivity index (χ2n) is 3.23. The zero-order chi connectivity index (χ0) is 10.8. The van der Waals surface area contributed by atoms with Gasteiger partial charge in [0.1, 0.15) is 4.66 Å². The minimum Gasteiger partial charge on any atom is -0.211 e. The Hall–Kier alpha value is 1.35. The fourth-order valence-electron chi connectivity index (χ4n) is 1.36. The summed E-state index contributed by atoms with van der Waals surface area (Å²) < 4.78 is 24.7. The molecule has 0 amide bonds. The topological polar surface area (TPSA) is 37.4 Å². The van der Waals surface area contributed by atoms with Gasteiger partial charge >= 0.3 is 0 Å². The predicted octanol–water partition coefficient (Wildman–Crippen LogP) is 2.29. The van der Waals surface area contributed by atoms with Gasteiger partial charge in [-0.25, -0.2) is 12.7 Å². The smallest absolute Gasteiger partial charge is 0.211 e. The Labute approximate surface area is 110 Å². The Bertz CT molecular complexity index is 271. The minimum atomic E-state index is -3.08. The van der Waals surface area contributed by atoms with E-state index in [4.69, 9.17) is 0 Å². The van der Waals surface area contributed by atoms with Gasteiger partial charge < -0.3 is 0 Å². The van der Waals surface area contributed by atoms with Gasteiger partial charge in [-0.15, -0.1) is 0 Å². The molecule has 1 rings (SSSR count). The molecular formula is C7H12Br3NO2S. The highest BCUT2D eigenvalue weighted by Gasteiger charge is 2.28. The van der Waals surface area contributed by atoms with Crippen molar-refractivity contribution in [2.24, 2.45) is 0 Å². The fraction of sp³-hybridized carbons (Fsp3) is 1.00. The van der Waals surface area contributed by atoms with E-state index in [9.17, 15) is 8.42 Å². The molecule has 1 saturated heterocycles. The minimum absolute atomic E-state index is 0.0138. The maximum atomic E-state index is 11.6. The summed E-state index contributed by atoms with van der Waals surface area (Å²) in [6.45, 7) is 1.21. The third-order valence-corrected chi connectivity index (χ3v) is 8.30. The van der Waals surface area contributed by atoms with Crippen LogP contribution in [0.2, 0.25) is 0 Å². The van der Waals surface area contributed by atoms with E-state index < -0.39 is 10.0 Å². The maximum absolute atomic E-state index is 11.6. The molecule has 1 fully saturated rings. The third-order valence-electron chi connectivity index (χ3n) is 2.23. The molecule has 1 aliphatic heterocycles. The first-order valence-electron chi connectivity index (χ1n) is 4.29. The molecular weight excluding hydrogens is 402 g/mol. The summed E-state index contributed by atoms with van der Waals surface area (Å²) in [7, 11) is -3.08. The van der Waals surface area contributed by atoms with Gasteiger partial charge in [0.2, 0.25) is 10.0 Å². The van der Waals surface area contributed by atoms with Crippen molar-refractivity contribution in [2.75, 3.05) is 17.8 Å². The number of hydrogen-bond donors (Lipinski definition) is 0. The Morgan fingerprint density at radius 1 is 1.14 bits per heavy atom. The molecule has 0 unspecified atom stereocenters. The fourth-order valence-corrected chi connectivity index (χ4v) is 4.07. The van der Waals surface area contributed by atoms with Crippen molar-refractivity contribution < 1.29 is 8.42 Å². The molecule has 2 atom stereocenters. The van der Waals surface area contributed by atoms with Crippen molar-refractivity contribution in [1.29, 1.82) is 0 Å². The van der Waals surface area contributed by atoms with Gasteiger partial charge in [0.05, 0.1) is 0 Å². The highest BCUT2D eigenvalue weighted by Crippen LogP contribution is 2.26. The molecule has 0 aromatic carbocycles. The number of halogens is 3. The van der Waals surface area contributed by atoms with Gasteiger partial charge in [0, 0.05) is 22.7 Å². The summed E-state index contributed by atoms with van der Waals surface area (Å²) in [5.41, 5.74) is 0. The standard InChI is InChI=1S/C7H12Br3NO2S/c8-5-14(12,13)11-3-1-6(9)7(10)2-4-11/h6-7H,1-5H2/t6-,7+. The van der Waals surface area contributed by atoms with Crippen LogP contribution in [0.1, 0.15) is 12.8 Å². The van der Waals surface area contributed by atoms with Crippen LogP contribution < -0.4 is 0 Å². The van der Waals surface area contributed by atoms with E-state index in [-0.39, 0.29) is 4.66 Å². The first-order valence-corrected chi connectivity index (χ1v) is 8.85. The summed E-state index contributed by atoms with van der Waals surface area (Å²) in [6.07, 6.45) is 1.70. The van der Waals surface area contributed by atoms with Crippen molar-refractivity contribution in [1.82, 2.24) is 4.31 Å². The molecule has 3 nitrogen and oxygen atoms in total. The molecule has 0 radical (unpaired) electrons. The van der Waals surface area contributed by atoms with E-state index in [0.717, 1.165) is 12.8 Å². The molecule has 0 aromatic rings. The largest absolute Gasteiger partial charge is 0.224 e. The molecule has 0 bridgehead atoms. The van der Waals surface area contributed by atoms with Gasteiger partial charge in [0.25, 0.3) is 0 Å². The summed E-state index contributed by atoms with van der Waals surface area (Å²) in [5, 5.41) is 0. The van der Waals surface area contributed by atoms with Gasteiger partial charge in [0.15, 0.2) is 0 Å². The maximum Gasteiger partial charge on any atom is 0.224 e. The van der Waals surface area contributed by atoms with E-state index in [0.29, 0.717) is 22.7 Å². The van der Waals surface area contributed by atoms with Crippen LogP contribution in [0.15, 0.2) is 0 Å². The SMILES string of the molecule is O=S(=O)(CBr)N1CC[C@@H](Br)[C@@H](Br)CC1. The number of sulfonamides is 1. The molecule has 14 heavy (non-hydrogen) atoms. The van der Waals surface area contributed by atoms with E-state index in [1.807, 2.05) is 0 Å². The first-order chi connectivity index (χ1) is 6.47. The number of hydrogen-bond acceptors (Lipinski definition) is 2. The Kier molecular flexibility index (Phi) is 5.38. The van der Waals surface area contributed by atoms with Crippen molar-refractivity contribution >= 4 is 57.8 Å². The normalized spacial score (nSPS) is 31.4. The quantitative estimate of drug-likeness (QED) is 0.651. The lowest BCUT2D eigenvalue weighted by atomic mass is 10.2. The van der Waals surface area contributed by atoms with E-state index in [2.05, 4.69) is 47.8 Å². The lowest BCUT2D eigenvalue weighted by Gasteiger charge is -2.17. The number of nitrogens with zero attached hydrogens (tertiary/aromatic N) is 1. The second-order valence-corrected chi connectivity index (χ2v) is 8.85. The van der Waals surface area contributed by atoms with Crippen LogP contribution in [0.25, 0.3) is 0 Å². The van der Waals surface area contributed by atoms with Crippen molar-refractivity contribution in [2.45, 2.75) is 22.5 Å². The Morgan fingerprint density at radius 3 is 1.93 bits per heavy atom. The molecule has 0 spiro atoms. The van der Waals surface area contributed by atoms with Gasteiger partial charge in [-0.3, -0.25) is 0 Å². The molecule has 7 heteroatoms. The van der Waals surface area contributed by atoms with Crippen molar-refractivity contribution in [3.63, 3.8) is 0 Å². The van der Waals surface area contributed by atoms with Crippen LogP contribution in [0.4, 0.5) is 0 Å². The average molecular weight is 414 g/mol. The summed E-state index contributed by atoms with van der Waals surface area (Å²) in [6, 6.07) is 0. The van der Waals surface area contributed by atoms with Gasteiger partial charge in [-0.1, -0.05) is 47.8 Å². The first kappa shape index (κ1) is 13.4. The third kappa shape index (κ3) is 3.43. The summed E-state index contributed by atoms with van der Waals surface area (Å²) in [5.74, 6) is 0. The van der Waals surface area contributed by atoms with E-state index in [1.165, 1.54) is 0 Å². The predicted molar refractivity (Wildman–Crippen MR) is 69.0 cm³/mol. The molecule has 0 N–H and O–H groups in total. The van der Waals surface area contributed by atoms with Crippen molar-refractivity contribution in [3.05, 3.63) is 0 Å². The summed E-state index contributed by atoms with van der Waals surface area (Å²) >= 11 is 10.1.